The highest BCUT2D eigenvalue weighted by Gasteiger charge is 2.03. The molecule has 84 valence electrons. The van der Waals surface area contributed by atoms with Gasteiger partial charge in [0.25, 0.3) is 0 Å². The maximum atomic E-state index is 9.13. The first-order chi connectivity index (χ1) is 8.33. The summed E-state index contributed by atoms with van der Waals surface area (Å²) >= 11 is 0. The molecular formula is C14H11NO2. The van der Waals surface area contributed by atoms with E-state index < -0.39 is 0 Å². The highest BCUT2D eigenvalue weighted by atomic mass is 16.5. The number of hydrogen-bond donors (Lipinski definition) is 1. The minimum atomic E-state index is -0.172. The maximum absolute atomic E-state index is 9.13. The van der Waals surface area contributed by atoms with Gasteiger partial charge in [-0.05, 0) is 35.9 Å². The lowest BCUT2D eigenvalue weighted by atomic mass is 10.1. The Morgan fingerprint density at radius 2 is 1.82 bits per heavy atom. The summed E-state index contributed by atoms with van der Waals surface area (Å²) in [5, 5.41) is 18.0. The third-order valence-electron chi connectivity index (χ3n) is 2.35. The molecule has 2 rings (SSSR count). The van der Waals surface area contributed by atoms with Gasteiger partial charge in [0.05, 0.1) is 18.2 Å². The van der Waals surface area contributed by atoms with Gasteiger partial charge in [-0.25, -0.2) is 0 Å². The molecule has 0 atom stereocenters. The number of para-hydroxylation sites is 1. The zero-order valence-electron chi connectivity index (χ0n) is 9.13. The molecule has 0 fully saturated rings. The van der Waals surface area contributed by atoms with Gasteiger partial charge in [0.1, 0.15) is 11.5 Å². The van der Waals surface area contributed by atoms with Crippen molar-refractivity contribution in [1.29, 1.82) is 5.26 Å². The topological polar surface area (TPSA) is 53.2 Å². The van der Waals surface area contributed by atoms with Gasteiger partial charge in [0.2, 0.25) is 0 Å². The standard InChI is InChI=1S/C14H11NO2/c15-9-11-6-7-14(8-12(11)10-16)17-13-4-2-1-3-5-13/h1-8,16H,10H2. The lowest BCUT2D eigenvalue weighted by molar-refractivity contribution is 0.281. The lowest BCUT2D eigenvalue weighted by Gasteiger charge is -2.07. The number of nitriles is 1. The fraction of sp³-hybridized carbons (Fsp3) is 0.0714. The summed E-state index contributed by atoms with van der Waals surface area (Å²) < 4.78 is 5.60. The van der Waals surface area contributed by atoms with E-state index in [1.54, 1.807) is 18.2 Å². The van der Waals surface area contributed by atoms with E-state index in [0.717, 1.165) is 5.75 Å². The second-order valence-corrected chi connectivity index (χ2v) is 3.50. The lowest BCUT2D eigenvalue weighted by Crippen LogP contribution is -1.91. The smallest absolute Gasteiger partial charge is 0.127 e. The van der Waals surface area contributed by atoms with E-state index in [1.807, 2.05) is 36.4 Å². The van der Waals surface area contributed by atoms with Crippen LogP contribution in [0.5, 0.6) is 11.5 Å². The van der Waals surface area contributed by atoms with Gasteiger partial charge in [-0.3, -0.25) is 0 Å². The van der Waals surface area contributed by atoms with Gasteiger partial charge in [0.15, 0.2) is 0 Å². The molecule has 17 heavy (non-hydrogen) atoms. The summed E-state index contributed by atoms with van der Waals surface area (Å²) in [4.78, 5) is 0. The van der Waals surface area contributed by atoms with Gasteiger partial charge < -0.3 is 9.84 Å². The molecule has 0 unspecified atom stereocenters. The molecule has 0 bridgehead atoms. The van der Waals surface area contributed by atoms with Crippen LogP contribution in [-0.2, 0) is 6.61 Å². The first kappa shape index (κ1) is 11.2. The monoisotopic (exact) mass is 225 g/mol. The Bertz CT molecular complexity index is 544. The highest BCUT2D eigenvalue weighted by Crippen LogP contribution is 2.23. The predicted molar refractivity (Wildman–Crippen MR) is 63.6 cm³/mol. The normalized spacial score (nSPS) is 9.65. The first-order valence-electron chi connectivity index (χ1n) is 5.20. The van der Waals surface area contributed by atoms with Crippen molar-refractivity contribution in [3.63, 3.8) is 0 Å². The van der Waals surface area contributed by atoms with Crippen molar-refractivity contribution in [2.24, 2.45) is 0 Å². The van der Waals surface area contributed by atoms with Gasteiger partial charge >= 0.3 is 0 Å². The number of rotatable bonds is 3. The average molecular weight is 225 g/mol. The van der Waals surface area contributed by atoms with E-state index in [1.165, 1.54) is 0 Å². The van der Waals surface area contributed by atoms with Crippen LogP contribution in [0.2, 0.25) is 0 Å². The second kappa shape index (κ2) is 5.15. The number of ether oxygens (including phenoxy) is 1. The van der Waals surface area contributed by atoms with E-state index in [4.69, 9.17) is 15.1 Å². The van der Waals surface area contributed by atoms with Crippen LogP contribution >= 0.6 is 0 Å². The van der Waals surface area contributed by atoms with Crippen LogP contribution in [-0.4, -0.2) is 5.11 Å². The molecule has 2 aromatic carbocycles. The van der Waals surface area contributed by atoms with Crippen molar-refractivity contribution in [2.45, 2.75) is 6.61 Å². The summed E-state index contributed by atoms with van der Waals surface area (Å²) in [5.41, 5.74) is 1.04. The van der Waals surface area contributed by atoms with Gasteiger partial charge in [-0.15, -0.1) is 0 Å². The van der Waals surface area contributed by atoms with Gasteiger partial charge in [-0.2, -0.15) is 5.26 Å². The van der Waals surface area contributed by atoms with E-state index in [-0.39, 0.29) is 6.61 Å². The summed E-state index contributed by atoms with van der Waals surface area (Å²) in [5.74, 6) is 1.33. The van der Waals surface area contributed by atoms with E-state index in [9.17, 15) is 0 Å². The number of hydrogen-bond acceptors (Lipinski definition) is 3. The van der Waals surface area contributed by atoms with Gasteiger partial charge in [0, 0.05) is 0 Å². The summed E-state index contributed by atoms with van der Waals surface area (Å²) in [6.45, 7) is -0.172. The Labute approximate surface area is 99.5 Å². The molecule has 0 aliphatic carbocycles. The Hall–Kier alpha value is -2.31. The van der Waals surface area contributed by atoms with E-state index in [0.29, 0.717) is 16.9 Å². The highest BCUT2D eigenvalue weighted by molar-refractivity contribution is 5.43. The van der Waals surface area contributed by atoms with Crippen LogP contribution < -0.4 is 4.74 Å². The fourth-order valence-corrected chi connectivity index (χ4v) is 1.50. The maximum Gasteiger partial charge on any atom is 0.127 e. The van der Waals surface area contributed by atoms with Gasteiger partial charge in [-0.1, -0.05) is 18.2 Å². The Morgan fingerprint density at radius 1 is 1.06 bits per heavy atom. The largest absolute Gasteiger partial charge is 0.457 e. The Balaban J connectivity index is 2.26. The van der Waals surface area contributed by atoms with Crippen molar-refractivity contribution in [1.82, 2.24) is 0 Å². The third kappa shape index (κ3) is 2.63. The molecule has 0 heterocycles. The molecule has 1 N–H and O–H groups in total. The molecule has 2 aromatic rings. The molecule has 0 saturated carbocycles. The van der Waals surface area contributed by atoms with E-state index in [2.05, 4.69) is 0 Å². The number of aliphatic hydroxyl groups excluding tert-OH is 1. The Kier molecular flexibility index (Phi) is 3.39. The predicted octanol–water partition coefficient (Wildman–Crippen LogP) is 2.84. The quantitative estimate of drug-likeness (QED) is 0.873. The fourth-order valence-electron chi connectivity index (χ4n) is 1.50. The molecule has 0 spiro atoms. The summed E-state index contributed by atoms with van der Waals surface area (Å²) in [6.07, 6.45) is 0. The van der Waals surface area contributed by atoms with Crippen LogP contribution in [0.25, 0.3) is 0 Å². The van der Waals surface area contributed by atoms with Crippen LogP contribution in [0.3, 0.4) is 0 Å². The van der Waals surface area contributed by atoms with Crippen molar-refractivity contribution in [3.8, 4) is 17.6 Å². The minimum Gasteiger partial charge on any atom is -0.457 e. The molecule has 0 aliphatic heterocycles. The Morgan fingerprint density at radius 3 is 2.47 bits per heavy atom. The molecule has 0 aromatic heterocycles. The third-order valence-corrected chi connectivity index (χ3v) is 2.35. The molecule has 0 amide bonds. The first-order valence-corrected chi connectivity index (χ1v) is 5.20. The molecule has 3 heteroatoms. The summed E-state index contributed by atoms with van der Waals surface area (Å²) in [7, 11) is 0. The van der Waals surface area contributed by atoms with Crippen LogP contribution in [0.15, 0.2) is 48.5 Å². The molecule has 0 saturated heterocycles. The summed E-state index contributed by atoms with van der Waals surface area (Å²) in [6, 6.07) is 16.4. The molecule has 3 nitrogen and oxygen atoms in total. The zero-order valence-corrected chi connectivity index (χ0v) is 9.13. The second-order valence-electron chi connectivity index (χ2n) is 3.50. The molecular weight excluding hydrogens is 214 g/mol. The van der Waals surface area contributed by atoms with Crippen LogP contribution in [0.4, 0.5) is 0 Å². The van der Waals surface area contributed by atoms with Crippen molar-refractivity contribution >= 4 is 0 Å². The van der Waals surface area contributed by atoms with Crippen molar-refractivity contribution in [2.75, 3.05) is 0 Å². The molecule has 0 aliphatic rings. The molecule has 0 radical (unpaired) electrons. The van der Waals surface area contributed by atoms with Crippen molar-refractivity contribution < 1.29 is 9.84 Å². The number of nitrogens with zero attached hydrogens (tertiary/aromatic N) is 1. The van der Waals surface area contributed by atoms with Crippen LogP contribution in [0, 0.1) is 11.3 Å². The van der Waals surface area contributed by atoms with Crippen molar-refractivity contribution in [3.05, 3.63) is 59.7 Å². The minimum absolute atomic E-state index is 0.172. The number of aliphatic hydroxyl groups is 1. The average Bonchev–Trinajstić information content (AvgIpc) is 2.40. The number of benzene rings is 2. The SMILES string of the molecule is N#Cc1ccc(Oc2ccccc2)cc1CO. The van der Waals surface area contributed by atoms with Crippen LogP contribution in [0.1, 0.15) is 11.1 Å². The van der Waals surface area contributed by atoms with E-state index >= 15 is 0 Å². The zero-order chi connectivity index (χ0) is 12.1.